The Kier molecular flexibility index (Phi) is 5.34. The van der Waals surface area contributed by atoms with Crippen LogP contribution in [-0.2, 0) is 22.4 Å². The molecule has 0 bridgehead atoms. The van der Waals surface area contributed by atoms with Gasteiger partial charge in [-0.3, -0.25) is 9.59 Å². The lowest BCUT2D eigenvalue weighted by Crippen LogP contribution is -2.47. The molecular weight excluding hydrogens is 330 g/mol. The number of aromatic nitrogens is 1. The van der Waals surface area contributed by atoms with Gasteiger partial charge in [0.1, 0.15) is 5.75 Å². The highest BCUT2D eigenvalue weighted by atomic mass is 16.3. The second kappa shape index (κ2) is 7.84. The van der Waals surface area contributed by atoms with Crippen molar-refractivity contribution in [2.75, 3.05) is 0 Å². The summed E-state index contributed by atoms with van der Waals surface area (Å²) in [6.45, 7) is 0. The maximum atomic E-state index is 12.3. The first-order valence-electron chi connectivity index (χ1n) is 8.33. The summed E-state index contributed by atoms with van der Waals surface area (Å²) in [6, 6.07) is 12.7. The lowest BCUT2D eigenvalue weighted by atomic mass is 10.0. The van der Waals surface area contributed by atoms with Crippen LogP contribution in [0, 0.1) is 0 Å². The SMILES string of the molecule is NC(Cc1ccc(O)cc1)C(=O)N[C@@H]([C]=O)Cc1c[nH]c2ccccc12. The number of benzene rings is 2. The Labute approximate surface area is 151 Å². The van der Waals surface area contributed by atoms with Gasteiger partial charge in [0.05, 0.1) is 12.1 Å². The molecule has 0 aliphatic rings. The molecule has 6 nitrogen and oxygen atoms in total. The smallest absolute Gasteiger partial charge is 0.237 e. The van der Waals surface area contributed by atoms with E-state index in [0.29, 0.717) is 12.8 Å². The minimum absolute atomic E-state index is 0.154. The molecule has 0 spiro atoms. The van der Waals surface area contributed by atoms with Gasteiger partial charge in [0.25, 0.3) is 0 Å². The van der Waals surface area contributed by atoms with Crippen LogP contribution in [0.15, 0.2) is 54.7 Å². The first-order valence-corrected chi connectivity index (χ1v) is 8.33. The van der Waals surface area contributed by atoms with Gasteiger partial charge in [0.15, 0.2) is 0 Å². The van der Waals surface area contributed by atoms with Gasteiger partial charge in [-0.2, -0.15) is 0 Å². The summed E-state index contributed by atoms with van der Waals surface area (Å²) in [7, 11) is 0. The van der Waals surface area contributed by atoms with E-state index >= 15 is 0 Å². The molecule has 0 saturated heterocycles. The van der Waals surface area contributed by atoms with Gasteiger partial charge in [-0.15, -0.1) is 0 Å². The van der Waals surface area contributed by atoms with Crippen LogP contribution in [0.25, 0.3) is 10.9 Å². The van der Waals surface area contributed by atoms with Crippen molar-refractivity contribution in [1.82, 2.24) is 10.3 Å². The molecule has 0 saturated carbocycles. The highest BCUT2D eigenvalue weighted by Gasteiger charge is 2.20. The monoisotopic (exact) mass is 350 g/mol. The van der Waals surface area contributed by atoms with Crippen LogP contribution >= 0.6 is 0 Å². The van der Waals surface area contributed by atoms with Crippen molar-refractivity contribution in [3.8, 4) is 5.75 Å². The Morgan fingerprint density at radius 1 is 1.15 bits per heavy atom. The minimum Gasteiger partial charge on any atom is -0.508 e. The predicted octanol–water partition coefficient (Wildman–Crippen LogP) is 1.58. The molecule has 2 atom stereocenters. The summed E-state index contributed by atoms with van der Waals surface area (Å²) in [6.07, 6.45) is 4.36. The van der Waals surface area contributed by atoms with Crippen molar-refractivity contribution in [1.29, 1.82) is 0 Å². The average Bonchev–Trinajstić information content (AvgIpc) is 3.06. The number of rotatable bonds is 7. The van der Waals surface area contributed by atoms with Crippen LogP contribution in [0.2, 0.25) is 0 Å². The van der Waals surface area contributed by atoms with E-state index in [0.717, 1.165) is 22.0 Å². The van der Waals surface area contributed by atoms with Crippen molar-refractivity contribution in [3.63, 3.8) is 0 Å². The number of H-pyrrole nitrogens is 1. The number of nitrogens with two attached hydrogens (primary N) is 1. The summed E-state index contributed by atoms with van der Waals surface area (Å²) in [5.74, 6) is -0.257. The van der Waals surface area contributed by atoms with Gasteiger partial charge in [-0.1, -0.05) is 30.3 Å². The van der Waals surface area contributed by atoms with Gasteiger partial charge >= 0.3 is 0 Å². The lowest BCUT2D eigenvalue weighted by molar-refractivity contribution is -0.122. The first-order chi connectivity index (χ1) is 12.6. The number of para-hydroxylation sites is 1. The number of phenols is 1. The molecule has 1 heterocycles. The van der Waals surface area contributed by atoms with Crippen molar-refractivity contribution in [3.05, 3.63) is 65.9 Å². The third-order valence-electron chi connectivity index (χ3n) is 4.29. The Morgan fingerprint density at radius 3 is 2.62 bits per heavy atom. The zero-order valence-electron chi connectivity index (χ0n) is 14.1. The van der Waals surface area contributed by atoms with Crippen molar-refractivity contribution < 1.29 is 14.7 Å². The molecule has 2 aromatic carbocycles. The fraction of sp³-hybridized carbons (Fsp3) is 0.200. The number of nitrogens with one attached hydrogen (secondary N) is 2. The maximum Gasteiger partial charge on any atom is 0.237 e. The molecule has 0 fully saturated rings. The number of aromatic hydroxyl groups is 1. The van der Waals surface area contributed by atoms with Crippen molar-refractivity contribution >= 4 is 23.1 Å². The van der Waals surface area contributed by atoms with Gasteiger partial charge < -0.3 is 21.1 Å². The van der Waals surface area contributed by atoms with Gasteiger partial charge in [0.2, 0.25) is 12.2 Å². The molecule has 6 heteroatoms. The number of hydrogen-bond acceptors (Lipinski definition) is 4. The summed E-state index contributed by atoms with van der Waals surface area (Å²) < 4.78 is 0. The number of phenolic OH excluding ortho intramolecular Hbond substituents is 1. The molecule has 5 N–H and O–H groups in total. The van der Waals surface area contributed by atoms with Gasteiger partial charge in [0, 0.05) is 23.5 Å². The number of fused-ring (bicyclic) bond motifs is 1. The van der Waals surface area contributed by atoms with E-state index in [9.17, 15) is 14.7 Å². The topological polar surface area (TPSA) is 108 Å². The molecule has 0 aliphatic carbocycles. The number of carbonyl (C=O) groups excluding carboxylic acids is 2. The third-order valence-corrected chi connectivity index (χ3v) is 4.29. The van der Waals surface area contributed by atoms with Crippen LogP contribution in [0.3, 0.4) is 0 Å². The fourth-order valence-electron chi connectivity index (χ4n) is 2.90. The van der Waals surface area contributed by atoms with Crippen LogP contribution in [-0.4, -0.2) is 34.4 Å². The highest BCUT2D eigenvalue weighted by Crippen LogP contribution is 2.19. The molecule has 1 aromatic heterocycles. The van der Waals surface area contributed by atoms with Crippen LogP contribution in [0.1, 0.15) is 11.1 Å². The lowest BCUT2D eigenvalue weighted by Gasteiger charge is -2.16. The van der Waals surface area contributed by atoms with Gasteiger partial charge in [-0.05, 0) is 35.7 Å². The molecule has 1 radical (unpaired) electrons. The zero-order chi connectivity index (χ0) is 18.5. The Bertz CT molecular complexity index is 902. The Hall–Kier alpha value is -3.12. The van der Waals surface area contributed by atoms with Gasteiger partial charge in [-0.25, -0.2) is 0 Å². The number of carbonyl (C=O) groups is 1. The molecular formula is C20H20N3O3. The summed E-state index contributed by atoms with van der Waals surface area (Å²) in [5.41, 5.74) is 8.68. The second-order valence-electron chi connectivity index (χ2n) is 6.22. The minimum atomic E-state index is -0.793. The summed E-state index contributed by atoms with van der Waals surface area (Å²) >= 11 is 0. The number of amides is 1. The standard InChI is InChI=1S/C20H20N3O3/c21-18(9-13-5-7-16(25)8-6-13)20(26)23-15(12-24)10-14-11-22-19-4-2-1-3-17(14)19/h1-8,11,15,18,22,25H,9-10,21H2,(H,23,26)/t15-,18?/m1/s1. The summed E-state index contributed by atoms with van der Waals surface area (Å²) in [4.78, 5) is 26.7. The van der Waals surface area contributed by atoms with E-state index in [2.05, 4.69) is 10.3 Å². The van der Waals surface area contributed by atoms with E-state index in [1.54, 1.807) is 24.3 Å². The normalized spacial score (nSPS) is 13.3. The summed E-state index contributed by atoms with van der Waals surface area (Å²) in [5, 5.41) is 13.0. The molecule has 1 amide bonds. The van der Waals surface area contributed by atoms with E-state index in [1.807, 2.05) is 36.7 Å². The second-order valence-corrected chi connectivity index (χ2v) is 6.22. The quantitative estimate of drug-likeness (QED) is 0.519. The van der Waals surface area contributed by atoms with E-state index < -0.39 is 18.0 Å². The number of aromatic amines is 1. The fourth-order valence-corrected chi connectivity index (χ4v) is 2.90. The van der Waals surface area contributed by atoms with Crippen molar-refractivity contribution in [2.45, 2.75) is 24.9 Å². The van der Waals surface area contributed by atoms with E-state index in [1.165, 1.54) is 0 Å². The highest BCUT2D eigenvalue weighted by molar-refractivity contribution is 5.86. The van der Waals surface area contributed by atoms with E-state index in [4.69, 9.17) is 5.73 Å². The third kappa shape index (κ3) is 4.10. The molecule has 133 valence electrons. The first kappa shape index (κ1) is 17.7. The molecule has 1 unspecified atom stereocenters. The van der Waals surface area contributed by atoms with Crippen molar-refractivity contribution in [2.24, 2.45) is 5.73 Å². The number of hydrogen-bond donors (Lipinski definition) is 4. The van der Waals surface area contributed by atoms with E-state index in [-0.39, 0.29) is 5.75 Å². The predicted molar refractivity (Wildman–Crippen MR) is 99.4 cm³/mol. The Balaban J connectivity index is 1.62. The van der Waals surface area contributed by atoms with Crippen LogP contribution in [0.5, 0.6) is 5.75 Å². The maximum absolute atomic E-state index is 12.3. The molecule has 0 aliphatic heterocycles. The average molecular weight is 350 g/mol. The zero-order valence-corrected chi connectivity index (χ0v) is 14.1. The molecule has 3 aromatic rings. The van der Waals surface area contributed by atoms with Crippen LogP contribution in [0.4, 0.5) is 0 Å². The molecule has 3 rings (SSSR count). The van der Waals surface area contributed by atoms with Crippen LogP contribution < -0.4 is 11.1 Å². The molecule has 26 heavy (non-hydrogen) atoms. The Morgan fingerprint density at radius 2 is 1.88 bits per heavy atom. The largest absolute Gasteiger partial charge is 0.508 e.